The number of aliphatic carboxylic acids is 2. The first-order valence-corrected chi connectivity index (χ1v) is 3.89. The zero-order valence-corrected chi connectivity index (χ0v) is 6.99. The lowest BCUT2D eigenvalue weighted by Crippen LogP contribution is -2.50. The summed E-state index contributed by atoms with van der Waals surface area (Å²) < 4.78 is 0. The van der Waals surface area contributed by atoms with E-state index in [1.165, 1.54) is 0 Å². The Morgan fingerprint density at radius 3 is 1.92 bits per heavy atom. The Balaban J connectivity index is 2.68. The van der Waals surface area contributed by atoms with E-state index in [1.54, 1.807) is 0 Å². The highest BCUT2D eigenvalue weighted by atomic mass is 16.4. The first-order valence-electron chi connectivity index (χ1n) is 3.89. The third kappa shape index (κ3) is 2.29. The van der Waals surface area contributed by atoms with E-state index in [0.29, 0.717) is 18.4 Å². The molecule has 13 heavy (non-hydrogen) atoms. The fourth-order valence-electron chi connectivity index (χ4n) is 1.34. The van der Waals surface area contributed by atoms with Gasteiger partial charge in [0.1, 0.15) is 12.1 Å². The molecule has 3 N–H and O–H groups in total. The van der Waals surface area contributed by atoms with Gasteiger partial charge < -0.3 is 10.2 Å². The summed E-state index contributed by atoms with van der Waals surface area (Å²) >= 11 is 0. The van der Waals surface area contributed by atoms with Crippen LogP contribution in [0.4, 0.5) is 0 Å². The van der Waals surface area contributed by atoms with Crippen molar-refractivity contribution in [1.82, 2.24) is 5.32 Å². The standard InChI is InChI=1S/C8H11NO4/c1-4-2-5(7(10)11)9-6(3-4)8(12)13/h5-6,9H,1-3H2,(H,10,11)(H,12,13)/t5-,6-/m1/s1. The van der Waals surface area contributed by atoms with E-state index >= 15 is 0 Å². The zero-order valence-electron chi connectivity index (χ0n) is 6.99. The number of carbonyl (C=O) groups is 2. The molecule has 0 saturated carbocycles. The molecular weight excluding hydrogens is 174 g/mol. The quantitative estimate of drug-likeness (QED) is 0.520. The summed E-state index contributed by atoms with van der Waals surface area (Å²) in [5.74, 6) is -2.07. The molecule has 1 rings (SSSR count). The molecule has 0 aliphatic carbocycles. The van der Waals surface area contributed by atoms with Crippen LogP contribution in [0.25, 0.3) is 0 Å². The van der Waals surface area contributed by atoms with Gasteiger partial charge in [0.2, 0.25) is 0 Å². The maximum Gasteiger partial charge on any atom is 0.321 e. The molecular formula is C8H11NO4. The van der Waals surface area contributed by atoms with E-state index in [2.05, 4.69) is 11.9 Å². The normalized spacial score (nSPS) is 28.5. The van der Waals surface area contributed by atoms with Crippen molar-refractivity contribution < 1.29 is 19.8 Å². The number of rotatable bonds is 2. The average molecular weight is 185 g/mol. The molecule has 0 aromatic rings. The van der Waals surface area contributed by atoms with Crippen molar-refractivity contribution in [2.75, 3.05) is 0 Å². The maximum absolute atomic E-state index is 10.6. The molecule has 1 saturated heterocycles. The summed E-state index contributed by atoms with van der Waals surface area (Å²) in [6.07, 6.45) is 0.609. The van der Waals surface area contributed by atoms with Gasteiger partial charge in [0, 0.05) is 0 Å². The molecule has 1 aliphatic rings. The van der Waals surface area contributed by atoms with Crippen LogP contribution in [0.5, 0.6) is 0 Å². The van der Waals surface area contributed by atoms with Gasteiger partial charge in [-0.2, -0.15) is 0 Å². The second kappa shape index (κ2) is 3.57. The smallest absolute Gasteiger partial charge is 0.321 e. The number of carboxylic acid groups (broad SMARTS) is 2. The van der Waals surface area contributed by atoms with Crippen LogP contribution < -0.4 is 5.32 Å². The van der Waals surface area contributed by atoms with Crippen molar-refractivity contribution in [1.29, 1.82) is 0 Å². The van der Waals surface area contributed by atoms with Crippen LogP contribution in [0.1, 0.15) is 12.8 Å². The van der Waals surface area contributed by atoms with Crippen molar-refractivity contribution in [2.24, 2.45) is 0 Å². The van der Waals surface area contributed by atoms with Gasteiger partial charge in [-0.05, 0) is 12.8 Å². The highest BCUT2D eigenvalue weighted by Crippen LogP contribution is 2.17. The third-order valence-corrected chi connectivity index (χ3v) is 1.98. The minimum atomic E-state index is -1.04. The predicted molar refractivity (Wildman–Crippen MR) is 44.4 cm³/mol. The number of nitrogens with one attached hydrogen (secondary N) is 1. The lowest BCUT2D eigenvalue weighted by Gasteiger charge is -2.27. The van der Waals surface area contributed by atoms with E-state index < -0.39 is 24.0 Å². The van der Waals surface area contributed by atoms with Crippen LogP contribution >= 0.6 is 0 Å². The SMILES string of the molecule is C=C1C[C@H](C(=O)O)N[C@@H](C(=O)O)C1. The topological polar surface area (TPSA) is 86.6 Å². The molecule has 72 valence electrons. The van der Waals surface area contributed by atoms with Crippen LogP contribution in [-0.4, -0.2) is 34.2 Å². The molecule has 5 nitrogen and oxygen atoms in total. The predicted octanol–water partition coefficient (Wildman–Crippen LogP) is -0.168. The fourth-order valence-corrected chi connectivity index (χ4v) is 1.34. The molecule has 0 spiro atoms. The Bertz CT molecular complexity index is 237. The maximum atomic E-state index is 10.6. The first kappa shape index (κ1) is 9.73. The Labute approximate surface area is 75.1 Å². The summed E-state index contributed by atoms with van der Waals surface area (Å²) in [4.78, 5) is 21.1. The zero-order chi connectivity index (χ0) is 10.0. The second-order valence-electron chi connectivity index (χ2n) is 3.11. The van der Waals surface area contributed by atoms with Gasteiger partial charge in [-0.15, -0.1) is 0 Å². The lowest BCUT2D eigenvalue weighted by atomic mass is 9.94. The Morgan fingerprint density at radius 1 is 1.23 bits per heavy atom. The Kier molecular flexibility index (Phi) is 2.67. The van der Waals surface area contributed by atoms with Crippen molar-refractivity contribution in [2.45, 2.75) is 24.9 Å². The van der Waals surface area contributed by atoms with Crippen molar-refractivity contribution >= 4 is 11.9 Å². The van der Waals surface area contributed by atoms with Gasteiger partial charge in [-0.3, -0.25) is 14.9 Å². The monoisotopic (exact) mass is 185 g/mol. The minimum Gasteiger partial charge on any atom is -0.480 e. The Morgan fingerprint density at radius 2 is 1.62 bits per heavy atom. The molecule has 0 aromatic heterocycles. The summed E-state index contributed by atoms with van der Waals surface area (Å²) in [7, 11) is 0. The van der Waals surface area contributed by atoms with E-state index in [-0.39, 0.29) is 0 Å². The van der Waals surface area contributed by atoms with E-state index in [0.717, 1.165) is 0 Å². The highest BCUT2D eigenvalue weighted by molar-refractivity contribution is 5.79. The molecule has 0 unspecified atom stereocenters. The van der Waals surface area contributed by atoms with Gasteiger partial charge in [0.15, 0.2) is 0 Å². The van der Waals surface area contributed by atoms with Crippen molar-refractivity contribution in [3.63, 3.8) is 0 Å². The van der Waals surface area contributed by atoms with Crippen molar-refractivity contribution in [3.8, 4) is 0 Å². The lowest BCUT2D eigenvalue weighted by molar-refractivity contribution is -0.143. The van der Waals surface area contributed by atoms with Gasteiger partial charge in [0.05, 0.1) is 0 Å². The summed E-state index contributed by atoms with van der Waals surface area (Å²) in [5, 5.41) is 19.8. The summed E-state index contributed by atoms with van der Waals surface area (Å²) in [5.41, 5.74) is 0.665. The molecule has 0 radical (unpaired) electrons. The molecule has 0 aromatic carbocycles. The van der Waals surface area contributed by atoms with Crippen molar-refractivity contribution in [3.05, 3.63) is 12.2 Å². The molecule has 1 aliphatic heterocycles. The highest BCUT2D eigenvalue weighted by Gasteiger charge is 2.31. The number of hydrogen-bond acceptors (Lipinski definition) is 3. The van der Waals surface area contributed by atoms with Crippen LogP contribution in [0, 0.1) is 0 Å². The third-order valence-electron chi connectivity index (χ3n) is 1.98. The number of carboxylic acids is 2. The molecule has 5 heteroatoms. The summed E-state index contributed by atoms with van der Waals surface area (Å²) in [6, 6.07) is -1.63. The van der Waals surface area contributed by atoms with Gasteiger partial charge >= 0.3 is 11.9 Å². The van der Waals surface area contributed by atoms with Gasteiger partial charge in [-0.1, -0.05) is 12.2 Å². The number of hydrogen-bond donors (Lipinski definition) is 3. The van der Waals surface area contributed by atoms with Crippen LogP contribution in [0.2, 0.25) is 0 Å². The second-order valence-corrected chi connectivity index (χ2v) is 3.11. The largest absolute Gasteiger partial charge is 0.480 e. The fraction of sp³-hybridized carbons (Fsp3) is 0.500. The van der Waals surface area contributed by atoms with Gasteiger partial charge in [-0.25, -0.2) is 0 Å². The molecule has 2 atom stereocenters. The Hall–Kier alpha value is -1.36. The molecule has 1 heterocycles. The number of piperidine rings is 1. The average Bonchev–Trinajstić information content (AvgIpc) is 2.03. The minimum absolute atomic E-state index is 0.305. The summed E-state index contributed by atoms with van der Waals surface area (Å²) in [6.45, 7) is 3.61. The van der Waals surface area contributed by atoms with Crippen LogP contribution in [0.15, 0.2) is 12.2 Å². The first-order chi connectivity index (χ1) is 6.00. The van der Waals surface area contributed by atoms with E-state index in [9.17, 15) is 9.59 Å². The van der Waals surface area contributed by atoms with Crippen LogP contribution in [-0.2, 0) is 9.59 Å². The van der Waals surface area contributed by atoms with E-state index in [1.807, 2.05) is 0 Å². The molecule has 0 amide bonds. The molecule has 0 bridgehead atoms. The van der Waals surface area contributed by atoms with Gasteiger partial charge in [0.25, 0.3) is 0 Å². The van der Waals surface area contributed by atoms with Crippen LogP contribution in [0.3, 0.4) is 0 Å². The van der Waals surface area contributed by atoms with E-state index in [4.69, 9.17) is 10.2 Å². The molecule has 1 fully saturated rings.